The maximum absolute atomic E-state index is 9.90. The van der Waals surface area contributed by atoms with Crippen LogP contribution in [0.4, 0.5) is 0 Å². The zero-order valence-electron chi connectivity index (χ0n) is 18.9. The van der Waals surface area contributed by atoms with Gasteiger partial charge in [0.25, 0.3) is 0 Å². The zero-order chi connectivity index (χ0) is 22.8. The summed E-state index contributed by atoms with van der Waals surface area (Å²) in [6.45, 7) is 4.62. The summed E-state index contributed by atoms with van der Waals surface area (Å²) in [6, 6.07) is 16.5. The Labute approximate surface area is 194 Å². The quantitative estimate of drug-likeness (QED) is 0.470. The smallest absolute Gasteiger partial charge is 0.162 e. The minimum atomic E-state index is -0.513. The Kier molecular flexibility index (Phi) is 6.22. The fourth-order valence-electron chi connectivity index (χ4n) is 4.58. The predicted molar refractivity (Wildman–Crippen MR) is 130 cm³/mol. The molecule has 1 saturated heterocycles. The SMILES string of the molecule is C[C@@H](O)c1cccc(-c2cnn3cc(-c4ccc(CCN5CCCC(O)C5)cc4)cnc23)c1. The molecule has 1 fully saturated rings. The number of nitrogens with zero attached hydrogens (tertiary/aromatic N) is 4. The molecule has 33 heavy (non-hydrogen) atoms. The van der Waals surface area contributed by atoms with E-state index in [1.807, 2.05) is 47.4 Å². The van der Waals surface area contributed by atoms with Crippen molar-refractivity contribution >= 4 is 5.65 Å². The Morgan fingerprint density at radius 3 is 2.70 bits per heavy atom. The zero-order valence-corrected chi connectivity index (χ0v) is 18.9. The van der Waals surface area contributed by atoms with E-state index in [4.69, 9.17) is 4.98 Å². The molecule has 0 radical (unpaired) electrons. The summed E-state index contributed by atoms with van der Waals surface area (Å²) in [5, 5.41) is 24.3. The van der Waals surface area contributed by atoms with Crippen molar-refractivity contribution in [2.75, 3.05) is 19.6 Å². The van der Waals surface area contributed by atoms with Gasteiger partial charge in [-0.25, -0.2) is 9.50 Å². The van der Waals surface area contributed by atoms with E-state index >= 15 is 0 Å². The number of likely N-dealkylation sites (tertiary alicyclic amines) is 1. The van der Waals surface area contributed by atoms with Gasteiger partial charge >= 0.3 is 0 Å². The second kappa shape index (κ2) is 9.43. The molecule has 0 spiro atoms. The van der Waals surface area contributed by atoms with Gasteiger partial charge < -0.3 is 15.1 Å². The van der Waals surface area contributed by atoms with E-state index in [0.717, 1.165) is 72.4 Å². The maximum Gasteiger partial charge on any atom is 0.162 e. The van der Waals surface area contributed by atoms with Crippen molar-refractivity contribution in [3.63, 3.8) is 0 Å². The molecule has 6 heteroatoms. The Hall–Kier alpha value is -3.06. The topological polar surface area (TPSA) is 73.9 Å². The minimum absolute atomic E-state index is 0.173. The average molecular weight is 443 g/mol. The highest BCUT2D eigenvalue weighted by Gasteiger charge is 2.17. The monoisotopic (exact) mass is 442 g/mol. The molecule has 4 aromatic rings. The molecule has 1 unspecified atom stereocenters. The highest BCUT2D eigenvalue weighted by molar-refractivity contribution is 5.78. The van der Waals surface area contributed by atoms with Crippen LogP contribution in [0.1, 0.15) is 37.0 Å². The third-order valence-electron chi connectivity index (χ3n) is 6.52. The van der Waals surface area contributed by atoms with Crippen molar-refractivity contribution in [1.29, 1.82) is 0 Å². The molecular weight excluding hydrogens is 412 g/mol. The lowest BCUT2D eigenvalue weighted by molar-refractivity contribution is 0.0714. The first-order chi connectivity index (χ1) is 16.1. The summed E-state index contributed by atoms with van der Waals surface area (Å²) in [5.41, 5.74) is 7.03. The lowest BCUT2D eigenvalue weighted by Crippen LogP contribution is -2.39. The number of β-amino-alcohol motifs (C(OH)–C–C–N with tert-alkyl or cyclic N) is 1. The molecule has 0 bridgehead atoms. The number of aromatic nitrogens is 3. The van der Waals surface area contributed by atoms with Gasteiger partial charge in [0.2, 0.25) is 0 Å². The van der Waals surface area contributed by atoms with Crippen LogP contribution in [0.25, 0.3) is 27.9 Å². The molecule has 1 aliphatic rings. The number of hydrogen-bond acceptors (Lipinski definition) is 5. The molecule has 0 saturated carbocycles. The standard InChI is InChI=1S/C27H30N4O2/c1-19(32)22-4-2-5-23(14-22)26-16-29-31-17-24(15-28-27(26)31)21-9-7-20(8-10-21)11-13-30-12-3-6-25(33)18-30/h2,4-5,7-10,14-17,19,25,32-33H,3,6,11-13,18H2,1H3/t19-,25?/m1/s1. The molecule has 1 aliphatic heterocycles. The van der Waals surface area contributed by atoms with E-state index < -0.39 is 6.10 Å². The van der Waals surface area contributed by atoms with Crippen LogP contribution < -0.4 is 0 Å². The number of aliphatic hydroxyl groups excluding tert-OH is 2. The highest BCUT2D eigenvalue weighted by atomic mass is 16.3. The Balaban J connectivity index is 1.32. The largest absolute Gasteiger partial charge is 0.392 e. The van der Waals surface area contributed by atoms with Gasteiger partial charge in [-0.1, -0.05) is 42.5 Å². The van der Waals surface area contributed by atoms with Gasteiger partial charge in [-0.3, -0.25) is 0 Å². The minimum Gasteiger partial charge on any atom is -0.392 e. The predicted octanol–water partition coefficient (Wildman–Crippen LogP) is 4.12. The van der Waals surface area contributed by atoms with Crippen molar-refractivity contribution in [3.8, 4) is 22.3 Å². The number of fused-ring (bicyclic) bond motifs is 1. The Bertz CT molecular complexity index is 1230. The molecule has 2 atom stereocenters. The van der Waals surface area contributed by atoms with Gasteiger partial charge in [0.1, 0.15) is 0 Å². The van der Waals surface area contributed by atoms with Crippen LogP contribution in [-0.4, -0.2) is 55.4 Å². The lowest BCUT2D eigenvalue weighted by atomic mass is 10.0. The molecule has 5 rings (SSSR count). The number of piperidine rings is 1. The molecular formula is C27H30N4O2. The first-order valence-electron chi connectivity index (χ1n) is 11.7. The van der Waals surface area contributed by atoms with Crippen molar-refractivity contribution < 1.29 is 10.2 Å². The summed E-state index contributed by atoms with van der Waals surface area (Å²) in [7, 11) is 0. The van der Waals surface area contributed by atoms with Gasteiger partial charge in [0, 0.05) is 36.6 Å². The molecule has 2 aromatic heterocycles. The molecule has 0 aliphatic carbocycles. The van der Waals surface area contributed by atoms with E-state index in [2.05, 4.69) is 34.3 Å². The summed E-state index contributed by atoms with van der Waals surface area (Å²) in [5.74, 6) is 0. The number of benzene rings is 2. The van der Waals surface area contributed by atoms with E-state index in [1.165, 1.54) is 5.56 Å². The van der Waals surface area contributed by atoms with E-state index in [0.29, 0.717) is 0 Å². The molecule has 3 heterocycles. The summed E-state index contributed by atoms with van der Waals surface area (Å²) in [4.78, 5) is 7.06. The van der Waals surface area contributed by atoms with E-state index in [9.17, 15) is 10.2 Å². The summed E-state index contributed by atoms with van der Waals surface area (Å²) >= 11 is 0. The van der Waals surface area contributed by atoms with Crippen molar-refractivity contribution in [2.24, 2.45) is 0 Å². The maximum atomic E-state index is 9.90. The van der Waals surface area contributed by atoms with Gasteiger partial charge in [-0.2, -0.15) is 5.10 Å². The number of aliphatic hydroxyl groups is 2. The van der Waals surface area contributed by atoms with Crippen LogP contribution >= 0.6 is 0 Å². The second-order valence-corrected chi connectivity index (χ2v) is 9.01. The van der Waals surface area contributed by atoms with Gasteiger partial charge in [-0.15, -0.1) is 0 Å². The molecule has 2 N–H and O–H groups in total. The molecule has 170 valence electrons. The van der Waals surface area contributed by atoms with Crippen LogP contribution in [0.5, 0.6) is 0 Å². The first-order valence-corrected chi connectivity index (χ1v) is 11.7. The van der Waals surface area contributed by atoms with Crippen LogP contribution in [0.15, 0.2) is 67.1 Å². The normalized spacial score (nSPS) is 18.0. The van der Waals surface area contributed by atoms with E-state index in [-0.39, 0.29) is 6.10 Å². The van der Waals surface area contributed by atoms with Gasteiger partial charge in [-0.05, 0) is 61.1 Å². The van der Waals surface area contributed by atoms with Crippen LogP contribution in [0.2, 0.25) is 0 Å². The van der Waals surface area contributed by atoms with Crippen molar-refractivity contribution in [1.82, 2.24) is 19.5 Å². The fourth-order valence-corrected chi connectivity index (χ4v) is 4.58. The number of rotatable bonds is 6. The Morgan fingerprint density at radius 1 is 1.06 bits per heavy atom. The van der Waals surface area contributed by atoms with Crippen molar-refractivity contribution in [3.05, 3.63) is 78.2 Å². The highest BCUT2D eigenvalue weighted by Crippen LogP contribution is 2.28. The molecule has 2 aromatic carbocycles. The second-order valence-electron chi connectivity index (χ2n) is 9.01. The van der Waals surface area contributed by atoms with Crippen LogP contribution in [0.3, 0.4) is 0 Å². The molecule has 6 nitrogen and oxygen atoms in total. The first kappa shape index (κ1) is 21.8. The van der Waals surface area contributed by atoms with Crippen LogP contribution in [0, 0.1) is 0 Å². The summed E-state index contributed by atoms with van der Waals surface area (Å²) < 4.78 is 1.81. The lowest BCUT2D eigenvalue weighted by Gasteiger charge is -2.29. The average Bonchev–Trinajstić information content (AvgIpc) is 3.26. The number of hydrogen-bond donors (Lipinski definition) is 2. The van der Waals surface area contributed by atoms with Crippen molar-refractivity contribution in [2.45, 2.75) is 38.4 Å². The third kappa shape index (κ3) is 4.83. The van der Waals surface area contributed by atoms with Crippen LogP contribution in [-0.2, 0) is 6.42 Å². The summed E-state index contributed by atoms with van der Waals surface area (Å²) in [6.07, 6.45) is 8.03. The Morgan fingerprint density at radius 2 is 1.91 bits per heavy atom. The van der Waals surface area contributed by atoms with Gasteiger partial charge in [0.05, 0.1) is 18.4 Å². The van der Waals surface area contributed by atoms with Gasteiger partial charge in [0.15, 0.2) is 5.65 Å². The third-order valence-corrected chi connectivity index (χ3v) is 6.52. The fraction of sp³-hybridized carbons (Fsp3) is 0.333. The molecule has 0 amide bonds. The van der Waals surface area contributed by atoms with E-state index in [1.54, 1.807) is 6.92 Å².